The van der Waals surface area contributed by atoms with E-state index in [1.807, 2.05) is 12.1 Å². The van der Waals surface area contributed by atoms with Gasteiger partial charge in [0.05, 0.1) is 0 Å². The second-order valence-electron chi connectivity index (χ2n) is 2.86. The normalized spacial score (nSPS) is 10.5. The lowest BCUT2D eigenvalue weighted by molar-refractivity contribution is 0.530. The molecule has 1 heterocycles. The molecule has 0 N–H and O–H groups in total. The van der Waals surface area contributed by atoms with Gasteiger partial charge in [-0.1, -0.05) is 18.2 Å². The molecule has 2 rings (SSSR count). The predicted molar refractivity (Wildman–Crippen MR) is 50.1 cm³/mol. The van der Waals surface area contributed by atoms with Crippen molar-refractivity contribution in [3.05, 3.63) is 48.5 Å². The van der Waals surface area contributed by atoms with Gasteiger partial charge in [0.25, 0.3) is 0 Å². The van der Waals surface area contributed by atoms with E-state index in [2.05, 4.69) is 6.58 Å². The number of hydrogen-bond acceptors (Lipinski definition) is 1. The second kappa shape index (κ2) is 3.05. The average Bonchev–Trinajstić information content (AvgIpc) is 2.49. The summed E-state index contributed by atoms with van der Waals surface area (Å²) >= 11 is 0. The monoisotopic (exact) mass is 176 g/mol. The highest BCUT2D eigenvalue weighted by molar-refractivity contribution is 5.78. The molecular weight excluding hydrogens is 167 g/mol. The Kier molecular flexibility index (Phi) is 1.89. The Labute approximate surface area is 75.5 Å². The minimum atomic E-state index is -0.312. The number of para-hydroxylation sites is 1. The van der Waals surface area contributed by atoms with Crippen molar-refractivity contribution in [1.82, 2.24) is 0 Å². The molecule has 0 fully saturated rings. The fraction of sp³-hybridized carbons (Fsp3) is 0.0909. The van der Waals surface area contributed by atoms with Crippen LogP contribution in [0.3, 0.4) is 0 Å². The van der Waals surface area contributed by atoms with Crippen molar-refractivity contribution in [3.8, 4) is 0 Å². The van der Waals surface area contributed by atoms with Crippen LogP contribution in [0, 0.1) is 5.82 Å². The summed E-state index contributed by atoms with van der Waals surface area (Å²) in [4.78, 5) is 0. The Balaban J connectivity index is 2.61. The molecule has 0 bridgehead atoms. The highest BCUT2D eigenvalue weighted by Gasteiger charge is 2.05. The largest absolute Gasteiger partial charge is 0.458 e. The Hall–Kier alpha value is -1.57. The zero-order valence-electron chi connectivity index (χ0n) is 7.09. The summed E-state index contributed by atoms with van der Waals surface area (Å²) in [5, 5.41) is 0.803. The van der Waals surface area contributed by atoms with Crippen molar-refractivity contribution < 1.29 is 8.81 Å². The summed E-state index contributed by atoms with van der Waals surface area (Å²) in [6.07, 6.45) is 2.36. The van der Waals surface area contributed by atoms with Crippen LogP contribution in [0.5, 0.6) is 0 Å². The summed E-state index contributed by atoms with van der Waals surface area (Å²) < 4.78 is 18.4. The summed E-state index contributed by atoms with van der Waals surface area (Å²) in [5.74, 6) is 0.433. The number of fused-ring (bicyclic) bond motifs is 1. The van der Waals surface area contributed by atoms with Crippen LogP contribution < -0.4 is 0 Å². The molecule has 0 radical (unpaired) electrons. The molecule has 0 saturated carbocycles. The van der Waals surface area contributed by atoms with Gasteiger partial charge < -0.3 is 4.42 Å². The Morgan fingerprint density at radius 3 is 3.00 bits per heavy atom. The van der Waals surface area contributed by atoms with Crippen LogP contribution in [0.15, 0.2) is 41.3 Å². The van der Waals surface area contributed by atoms with Gasteiger partial charge in [0.15, 0.2) is 11.4 Å². The van der Waals surface area contributed by atoms with Gasteiger partial charge in [-0.2, -0.15) is 0 Å². The molecule has 0 aliphatic heterocycles. The van der Waals surface area contributed by atoms with Crippen LogP contribution in [-0.4, -0.2) is 0 Å². The Morgan fingerprint density at radius 1 is 1.46 bits per heavy atom. The molecule has 13 heavy (non-hydrogen) atoms. The van der Waals surface area contributed by atoms with Gasteiger partial charge >= 0.3 is 0 Å². The number of rotatable bonds is 2. The maximum Gasteiger partial charge on any atom is 0.169 e. The molecule has 0 saturated heterocycles. The number of allylic oxidation sites excluding steroid dienone is 1. The molecule has 2 aromatic rings. The van der Waals surface area contributed by atoms with Crippen molar-refractivity contribution in [3.63, 3.8) is 0 Å². The second-order valence-corrected chi connectivity index (χ2v) is 2.86. The topological polar surface area (TPSA) is 13.1 Å². The van der Waals surface area contributed by atoms with E-state index in [4.69, 9.17) is 4.42 Å². The third-order valence-corrected chi connectivity index (χ3v) is 1.89. The molecule has 1 nitrogen and oxygen atoms in total. The van der Waals surface area contributed by atoms with Gasteiger partial charge in [0.1, 0.15) is 5.76 Å². The van der Waals surface area contributed by atoms with Crippen LogP contribution in [0.25, 0.3) is 11.0 Å². The van der Waals surface area contributed by atoms with Crippen LogP contribution in [0.1, 0.15) is 5.76 Å². The first-order chi connectivity index (χ1) is 6.31. The zero-order chi connectivity index (χ0) is 9.26. The molecule has 1 aromatic carbocycles. The van der Waals surface area contributed by atoms with Crippen LogP contribution in [0.4, 0.5) is 4.39 Å². The predicted octanol–water partition coefficient (Wildman–Crippen LogP) is 3.30. The SMILES string of the molecule is C=CCc1cc2cccc(F)c2o1. The van der Waals surface area contributed by atoms with Crippen molar-refractivity contribution >= 4 is 11.0 Å². The van der Waals surface area contributed by atoms with Gasteiger partial charge in [0, 0.05) is 11.8 Å². The van der Waals surface area contributed by atoms with Crippen molar-refractivity contribution in [1.29, 1.82) is 0 Å². The van der Waals surface area contributed by atoms with E-state index in [-0.39, 0.29) is 5.82 Å². The van der Waals surface area contributed by atoms with E-state index < -0.39 is 0 Å². The molecule has 1 aromatic heterocycles. The van der Waals surface area contributed by atoms with E-state index in [0.29, 0.717) is 12.0 Å². The molecular formula is C11H9FO. The number of furan rings is 1. The summed E-state index contributed by atoms with van der Waals surface area (Å²) in [6.45, 7) is 3.59. The third-order valence-electron chi connectivity index (χ3n) is 1.89. The quantitative estimate of drug-likeness (QED) is 0.640. The molecule has 0 unspecified atom stereocenters. The first-order valence-corrected chi connectivity index (χ1v) is 4.09. The maximum absolute atomic E-state index is 13.1. The van der Waals surface area contributed by atoms with Crippen molar-refractivity contribution in [2.45, 2.75) is 6.42 Å². The Morgan fingerprint density at radius 2 is 2.31 bits per heavy atom. The molecule has 0 aliphatic rings. The highest BCUT2D eigenvalue weighted by atomic mass is 19.1. The minimum Gasteiger partial charge on any atom is -0.458 e. The maximum atomic E-state index is 13.1. The van der Waals surface area contributed by atoms with Crippen LogP contribution in [-0.2, 0) is 6.42 Å². The van der Waals surface area contributed by atoms with Gasteiger partial charge in [0.2, 0.25) is 0 Å². The number of hydrogen-bond donors (Lipinski definition) is 0. The lowest BCUT2D eigenvalue weighted by atomic mass is 10.2. The van der Waals surface area contributed by atoms with Gasteiger partial charge in [-0.15, -0.1) is 6.58 Å². The molecule has 0 atom stereocenters. The van der Waals surface area contributed by atoms with Crippen LogP contribution >= 0.6 is 0 Å². The molecule has 0 spiro atoms. The van der Waals surface area contributed by atoms with E-state index in [0.717, 1.165) is 11.1 Å². The molecule has 66 valence electrons. The number of halogens is 1. The van der Waals surface area contributed by atoms with Crippen molar-refractivity contribution in [2.75, 3.05) is 0 Å². The smallest absolute Gasteiger partial charge is 0.169 e. The van der Waals surface area contributed by atoms with Gasteiger partial charge in [-0.3, -0.25) is 0 Å². The summed E-state index contributed by atoms with van der Waals surface area (Å²) in [5.41, 5.74) is 0.333. The number of benzene rings is 1. The fourth-order valence-corrected chi connectivity index (χ4v) is 1.32. The highest BCUT2D eigenvalue weighted by Crippen LogP contribution is 2.22. The van der Waals surface area contributed by atoms with E-state index in [9.17, 15) is 4.39 Å². The molecule has 2 heteroatoms. The van der Waals surface area contributed by atoms with E-state index >= 15 is 0 Å². The van der Waals surface area contributed by atoms with Crippen molar-refractivity contribution in [2.24, 2.45) is 0 Å². The third kappa shape index (κ3) is 1.35. The van der Waals surface area contributed by atoms with E-state index in [1.165, 1.54) is 6.07 Å². The lowest BCUT2D eigenvalue weighted by Gasteiger charge is -1.88. The first kappa shape index (κ1) is 8.05. The lowest BCUT2D eigenvalue weighted by Crippen LogP contribution is -1.72. The summed E-state index contributed by atoms with van der Waals surface area (Å²) in [7, 11) is 0. The van der Waals surface area contributed by atoms with Gasteiger partial charge in [-0.05, 0) is 12.1 Å². The average molecular weight is 176 g/mol. The molecule has 0 amide bonds. The minimum absolute atomic E-state index is 0.312. The summed E-state index contributed by atoms with van der Waals surface area (Å²) in [6, 6.07) is 6.73. The van der Waals surface area contributed by atoms with E-state index in [1.54, 1.807) is 12.1 Å². The fourth-order valence-electron chi connectivity index (χ4n) is 1.32. The molecule has 0 aliphatic carbocycles. The Bertz CT molecular complexity index is 442. The standard InChI is InChI=1S/C11H9FO/c1-2-4-9-7-8-5-3-6-10(12)11(8)13-9/h2-3,5-7H,1,4H2. The van der Waals surface area contributed by atoms with Gasteiger partial charge in [-0.25, -0.2) is 4.39 Å². The first-order valence-electron chi connectivity index (χ1n) is 4.09. The van der Waals surface area contributed by atoms with Crippen LogP contribution in [0.2, 0.25) is 0 Å². The zero-order valence-corrected chi connectivity index (χ0v) is 7.09.